The number of rotatable bonds is 2. The first-order chi connectivity index (χ1) is 11.2. The predicted octanol–water partition coefficient (Wildman–Crippen LogP) is 6.47. The third-order valence-corrected chi connectivity index (χ3v) is 4.86. The monoisotopic (exact) mass is 316 g/mol. The molecule has 0 aliphatic heterocycles. The van der Waals surface area contributed by atoms with E-state index in [0.717, 1.165) is 5.02 Å². The topological polar surface area (TPSA) is 0 Å². The Morgan fingerprint density at radius 2 is 1.52 bits per heavy atom. The van der Waals surface area contributed by atoms with Crippen LogP contribution in [0.5, 0.6) is 0 Å². The Kier molecular flexibility index (Phi) is 3.55. The van der Waals surface area contributed by atoms with Crippen LogP contribution in [-0.2, 0) is 0 Å². The van der Waals surface area contributed by atoms with E-state index in [1.807, 2.05) is 12.1 Å². The molecular weight excluding hydrogens is 300 g/mol. The molecule has 4 rings (SSSR count). The van der Waals surface area contributed by atoms with Gasteiger partial charge in [0.1, 0.15) is 0 Å². The minimum Gasteiger partial charge on any atom is -0.0843 e. The van der Waals surface area contributed by atoms with Crippen LogP contribution in [-0.4, -0.2) is 0 Å². The molecule has 1 atom stereocenters. The Balaban J connectivity index is 1.83. The van der Waals surface area contributed by atoms with Crippen LogP contribution in [0.3, 0.4) is 0 Å². The lowest BCUT2D eigenvalue weighted by Gasteiger charge is -2.16. The van der Waals surface area contributed by atoms with Crippen molar-refractivity contribution in [2.75, 3.05) is 0 Å². The third-order valence-electron chi connectivity index (χ3n) is 4.61. The molecule has 0 amide bonds. The van der Waals surface area contributed by atoms with Gasteiger partial charge in [0.15, 0.2) is 0 Å². The molecule has 3 aromatic carbocycles. The molecule has 23 heavy (non-hydrogen) atoms. The second-order valence-corrected chi connectivity index (χ2v) is 6.45. The predicted molar refractivity (Wildman–Crippen MR) is 98.9 cm³/mol. The lowest BCUT2D eigenvalue weighted by Crippen LogP contribution is -1.99. The summed E-state index contributed by atoms with van der Waals surface area (Å²) in [6.45, 7) is 2.18. The summed E-state index contributed by atoms with van der Waals surface area (Å²) in [5.74, 6) is 0.346. The fraction of sp³-hybridized carbons (Fsp3) is 0.0909. The first-order valence-electron chi connectivity index (χ1n) is 7.86. The Hall–Kier alpha value is -2.31. The first kappa shape index (κ1) is 14.3. The van der Waals surface area contributed by atoms with Gasteiger partial charge < -0.3 is 0 Å². The van der Waals surface area contributed by atoms with Crippen molar-refractivity contribution >= 4 is 17.7 Å². The zero-order valence-electron chi connectivity index (χ0n) is 13.0. The Labute approximate surface area is 142 Å². The zero-order valence-corrected chi connectivity index (χ0v) is 13.7. The van der Waals surface area contributed by atoms with Gasteiger partial charge >= 0.3 is 0 Å². The van der Waals surface area contributed by atoms with Gasteiger partial charge in [0.25, 0.3) is 0 Å². The van der Waals surface area contributed by atoms with E-state index in [2.05, 4.69) is 73.7 Å². The van der Waals surface area contributed by atoms with Gasteiger partial charge in [-0.3, -0.25) is 0 Å². The molecule has 0 spiro atoms. The van der Waals surface area contributed by atoms with Gasteiger partial charge in [-0.15, -0.1) is 0 Å². The molecule has 0 fully saturated rings. The van der Waals surface area contributed by atoms with Gasteiger partial charge in [0.05, 0.1) is 0 Å². The maximum absolute atomic E-state index is 6.02. The molecule has 0 bridgehead atoms. The maximum atomic E-state index is 6.02. The average Bonchev–Trinajstić information content (AvgIpc) is 3.00. The van der Waals surface area contributed by atoms with E-state index < -0.39 is 0 Å². The molecule has 0 radical (unpaired) electrons. The van der Waals surface area contributed by atoms with Crippen LogP contribution < -0.4 is 0 Å². The van der Waals surface area contributed by atoms with E-state index in [9.17, 15) is 0 Å². The summed E-state index contributed by atoms with van der Waals surface area (Å²) in [6, 6.07) is 23.3. The number of hydrogen-bond donors (Lipinski definition) is 0. The third kappa shape index (κ3) is 2.50. The molecule has 0 N–H and O–H groups in total. The van der Waals surface area contributed by atoms with E-state index in [1.165, 1.54) is 33.4 Å². The van der Waals surface area contributed by atoms with Gasteiger partial charge in [0, 0.05) is 10.9 Å². The van der Waals surface area contributed by atoms with Gasteiger partial charge in [-0.05, 0) is 52.4 Å². The van der Waals surface area contributed by atoms with Gasteiger partial charge in [-0.25, -0.2) is 0 Å². The number of fused-ring (bicyclic) bond motifs is 1. The molecule has 0 aromatic heterocycles. The highest BCUT2D eigenvalue weighted by Crippen LogP contribution is 2.41. The largest absolute Gasteiger partial charge is 0.0843 e. The summed E-state index contributed by atoms with van der Waals surface area (Å²) in [6.07, 6.45) is 4.57. The number of allylic oxidation sites excluding steroid dienone is 1. The van der Waals surface area contributed by atoms with Crippen molar-refractivity contribution in [2.24, 2.45) is 0 Å². The quantitative estimate of drug-likeness (QED) is 0.508. The number of hydrogen-bond acceptors (Lipinski definition) is 0. The van der Waals surface area contributed by atoms with Crippen LogP contribution in [0.25, 0.3) is 17.2 Å². The first-order valence-corrected chi connectivity index (χ1v) is 8.24. The lowest BCUT2D eigenvalue weighted by atomic mass is 9.88. The van der Waals surface area contributed by atoms with Crippen molar-refractivity contribution in [2.45, 2.75) is 12.8 Å². The molecule has 1 heteroatoms. The van der Waals surface area contributed by atoms with Crippen LogP contribution in [0.4, 0.5) is 0 Å². The van der Waals surface area contributed by atoms with Crippen molar-refractivity contribution in [1.82, 2.24) is 0 Å². The summed E-state index contributed by atoms with van der Waals surface area (Å²) >= 11 is 6.02. The van der Waals surface area contributed by atoms with E-state index >= 15 is 0 Å². The minimum absolute atomic E-state index is 0.346. The molecule has 3 aromatic rings. The maximum Gasteiger partial charge on any atom is 0.0406 e. The smallest absolute Gasteiger partial charge is 0.0406 e. The van der Waals surface area contributed by atoms with E-state index in [0.29, 0.717) is 5.92 Å². The minimum atomic E-state index is 0.346. The summed E-state index contributed by atoms with van der Waals surface area (Å²) in [4.78, 5) is 0. The molecule has 0 saturated heterocycles. The van der Waals surface area contributed by atoms with Crippen molar-refractivity contribution in [3.8, 4) is 11.1 Å². The number of aryl methyl sites for hydroxylation is 1. The van der Waals surface area contributed by atoms with E-state index in [1.54, 1.807) is 0 Å². The second kappa shape index (κ2) is 5.72. The molecule has 0 saturated carbocycles. The van der Waals surface area contributed by atoms with Crippen LogP contribution in [0, 0.1) is 6.92 Å². The lowest BCUT2D eigenvalue weighted by molar-refractivity contribution is 1.03. The standard InChI is InChI=1S/C22H17Cl/c1-15-5-2-3-6-18(15)21-13-14-22-19(7-4-8-20(21)22)16-9-11-17(23)12-10-16/h2-14,21H,1H3. The van der Waals surface area contributed by atoms with E-state index in [4.69, 9.17) is 11.6 Å². The van der Waals surface area contributed by atoms with Crippen molar-refractivity contribution < 1.29 is 0 Å². The van der Waals surface area contributed by atoms with Crippen molar-refractivity contribution in [3.63, 3.8) is 0 Å². The summed E-state index contributed by atoms with van der Waals surface area (Å²) in [7, 11) is 0. The highest BCUT2D eigenvalue weighted by atomic mass is 35.5. The van der Waals surface area contributed by atoms with Crippen LogP contribution in [0.2, 0.25) is 5.02 Å². The van der Waals surface area contributed by atoms with Gasteiger partial charge in [-0.2, -0.15) is 0 Å². The van der Waals surface area contributed by atoms with Crippen molar-refractivity contribution in [1.29, 1.82) is 0 Å². The average molecular weight is 317 g/mol. The summed E-state index contributed by atoms with van der Waals surface area (Å²) < 4.78 is 0. The number of halogens is 1. The Bertz CT molecular complexity index is 888. The molecule has 1 unspecified atom stereocenters. The van der Waals surface area contributed by atoms with Crippen LogP contribution in [0.1, 0.15) is 28.2 Å². The van der Waals surface area contributed by atoms with Gasteiger partial charge in [0.2, 0.25) is 0 Å². The van der Waals surface area contributed by atoms with Gasteiger partial charge in [-0.1, -0.05) is 78.4 Å². The molecular formula is C22H17Cl. The molecule has 112 valence electrons. The van der Waals surface area contributed by atoms with Crippen LogP contribution >= 0.6 is 11.6 Å². The number of benzene rings is 3. The molecule has 1 aliphatic carbocycles. The normalized spacial score (nSPS) is 15.7. The Morgan fingerprint density at radius 1 is 0.783 bits per heavy atom. The second-order valence-electron chi connectivity index (χ2n) is 6.01. The fourth-order valence-corrected chi connectivity index (χ4v) is 3.55. The SMILES string of the molecule is Cc1ccccc1C1C=Cc2c(-c3ccc(Cl)cc3)cccc21. The molecule has 0 heterocycles. The Morgan fingerprint density at radius 3 is 2.30 bits per heavy atom. The van der Waals surface area contributed by atoms with E-state index in [-0.39, 0.29) is 0 Å². The van der Waals surface area contributed by atoms with Crippen molar-refractivity contribution in [3.05, 3.63) is 100 Å². The zero-order chi connectivity index (χ0) is 15.8. The highest BCUT2D eigenvalue weighted by molar-refractivity contribution is 6.30. The summed E-state index contributed by atoms with van der Waals surface area (Å²) in [5, 5.41) is 0.773. The molecule has 1 aliphatic rings. The van der Waals surface area contributed by atoms with Crippen LogP contribution in [0.15, 0.2) is 72.8 Å². The molecule has 0 nitrogen and oxygen atoms in total. The summed E-state index contributed by atoms with van der Waals surface area (Å²) in [5.41, 5.74) is 7.91. The highest BCUT2D eigenvalue weighted by Gasteiger charge is 2.22. The fourth-order valence-electron chi connectivity index (χ4n) is 3.42.